The second-order valence-corrected chi connectivity index (χ2v) is 9.28. The third-order valence-corrected chi connectivity index (χ3v) is 6.61. The Balaban J connectivity index is 1.28. The Hall–Kier alpha value is -5.28. The summed E-state index contributed by atoms with van der Waals surface area (Å²) in [4.78, 5) is 40.2. The third kappa shape index (κ3) is 5.85. The van der Waals surface area contributed by atoms with Crippen LogP contribution < -0.4 is 30.3 Å². The van der Waals surface area contributed by atoms with E-state index in [9.17, 15) is 14.4 Å². The van der Waals surface area contributed by atoms with Gasteiger partial charge in [0.05, 0.1) is 19.9 Å². The number of carbonyl (C=O) groups excluding carboxylic acids is 3. The summed E-state index contributed by atoms with van der Waals surface area (Å²) in [6, 6.07) is 28.3. The summed E-state index contributed by atoms with van der Waals surface area (Å²) in [7, 11) is 2.92. The lowest BCUT2D eigenvalue weighted by molar-refractivity contribution is -0.120. The molecule has 0 aromatic heterocycles. The molecule has 0 unspecified atom stereocenters. The first-order valence-corrected chi connectivity index (χ1v) is 12.9. The van der Waals surface area contributed by atoms with Gasteiger partial charge in [-0.3, -0.25) is 14.4 Å². The first-order chi connectivity index (χ1) is 19.9. The summed E-state index contributed by atoms with van der Waals surface area (Å²) in [6.45, 7) is 0. The summed E-state index contributed by atoms with van der Waals surface area (Å²) in [5.41, 5.74) is 3.28. The Bertz CT molecular complexity index is 1660. The Morgan fingerprint density at radius 3 is 2.10 bits per heavy atom. The molecule has 0 saturated heterocycles. The average Bonchev–Trinajstić information content (AvgIpc) is 3.21. The van der Waals surface area contributed by atoms with Gasteiger partial charge in [-0.1, -0.05) is 35.9 Å². The van der Waals surface area contributed by atoms with Crippen LogP contribution in [0.4, 0.5) is 28.4 Å². The van der Waals surface area contributed by atoms with E-state index in [1.165, 1.54) is 20.3 Å². The van der Waals surface area contributed by atoms with Crippen molar-refractivity contribution >= 4 is 57.8 Å². The van der Waals surface area contributed by atoms with E-state index in [0.717, 1.165) is 16.3 Å². The third-order valence-electron chi connectivity index (χ3n) is 6.25. The van der Waals surface area contributed by atoms with Crippen LogP contribution in [0.5, 0.6) is 11.5 Å². The van der Waals surface area contributed by atoms with Crippen LogP contribution in [-0.4, -0.2) is 31.9 Å². The van der Waals surface area contributed by atoms with Gasteiger partial charge in [-0.15, -0.1) is 0 Å². The lowest BCUT2D eigenvalue weighted by atomic mass is 10.1. The number of amides is 3. The number of hydrogen-bond acceptors (Lipinski definition) is 7. The van der Waals surface area contributed by atoms with Crippen LogP contribution in [-0.2, 0) is 9.59 Å². The molecule has 0 atom stereocenters. The number of halogens is 1. The quantitative estimate of drug-likeness (QED) is 0.208. The number of nitrogens with one attached hydrogen (secondary N) is 3. The predicted octanol–water partition coefficient (Wildman–Crippen LogP) is 6.14. The molecule has 9 nitrogen and oxygen atoms in total. The van der Waals surface area contributed by atoms with Gasteiger partial charge < -0.3 is 25.4 Å². The van der Waals surface area contributed by atoms with E-state index >= 15 is 0 Å². The molecule has 0 radical (unpaired) electrons. The van der Waals surface area contributed by atoms with E-state index in [1.54, 1.807) is 48.5 Å². The molecular weight excluding hydrogens is 544 g/mol. The summed E-state index contributed by atoms with van der Waals surface area (Å²) in [6.07, 6.45) is 0. The molecule has 206 valence electrons. The first kappa shape index (κ1) is 27.3. The molecule has 41 heavy (non-hydrogen) atoms. The Labute approximate surface area is 241 Å². The van der Waals surface area contributed by atoms with Crippen molar-refractivity contribution in [1.29, 1.82) is 0 Å². The highest BCUT2D eigenvalue weighted by molar-refractivity contribution is 6.53. The van der Waals surface area contributed by atoms with Crippen LogP contribution in [0.1, 0.15) is 10.4 Å². The van der Waals surface area contributed by atoms with Gasteiger partial charge in [0.2, 0.25) is 0 Å². The molecule has 5 rings (SSSR count). The summed E-state index contributed by atoms with van der Waals surface area (Å²) in [5, 5.41) is 8.77. The van der Waals surface area contributed by atoms with Crippen molar-refractivity contribution in [2.45, 2.75) is 0 Å². The Kier molecular flexibility index (Phi) is 7.89. The van der Waals surface area contributed by atoms with Crippen LogP contribution >= 0.6 is 11.6 Å². The van der Waals surface area contributed by atoms with Gasteiger partial charge in [-0.2, -0.15) is 0 Å². The maximum Gasteiger partial charge on any atom is 0.283 e. The fourth-order valence-electron chi connectivity index (χ4n) is 4.21. The van der Waals surface area contributed by atoms with E-state index in [4.69, 9.17) is 21.1 Å². The SMILES string of the molecule is COc1ccc(N2C(=O)C(Cl)=C(Nc3cccc(C(=O)Nc4ccc(Nc5ccccc5)cc4)c3)C2=O)c(OC)c1. The molecule has 1 aliphatic heterocycles. The van der Waals surface area contributed by atoms with Crippen molar-refractivity contribution in [3.05, 3.63) is 113 Å². The van der Waals surface area contributed by atoms with E-state index in [-0.39, 0.29) is 28.1 Å². The van der Waals surface area contributed by atoms with Crippen LogP contribution in [0.25, 0.3) is 0 Å². The van der Waals surface area contributed by atoms with E-state index in [0.29, 0.717) is 22.7 Å². The fourth-order valence-corrected chi connectivity index (χ4v) is 4.42. The molecule has 1 aliphatic rings. The zero-order chi connectivity index (χ0) is 28.9. The molecule has 10 heteroatoms. The van der Waals surface area contributed by atoms with Crippen molar-refractivity contribution in [3.8, 4) is 11.5 Å². The van der Waals surface area contributed by atoms with Gasteiger partial charge in [0.1, 0.15) is 22.2 Å². The van der Waals surface area contributed by atoms with Crippen LogP contribution in [0.15, 0.2) is 108 Å². The highest BCUT2D eigenvalue weighted by Gasteiger charge is 2.40. The summed E-state index contributed by atoms with van der Waals surface area (Å²) < 4.78 is 10.5. The van der Waals surface area contributed by atoms with Crippen molar-refractivity contribution in [3.63, 3.8) is 0 Å². The van der Waals surface area contributed by atoms with Gasteiger partial charge in [-0.05, 0) is 66.7 Å². The summed E-state index contributed by atoms with van der Waals surface area (Å²) >= 11 is 6.30. The van der Waals surface area contributed by atoms with Crippen molar-refractivity contribution in [2.75, 3.05) is 35.1 Å². The van der Waals surface area contributed by atoms with Crippen molar-refractivity contribution in [2.24, 2.45) is 0 Å². The lowest BCUT2D eigenvalue weighted by Crippen LogP contribution is -2.32. The lowest BCUT2D eigenvalue weighted by Gasteiger charge is -2.18. The highest BCUT2D eigenvalue weighted by Crippen LogP contribution is 2.37. The highest BCUT2D eigenvalue weighted by atomic mass is 35.5. The van der Waals surface area contributed by atoms with E-state index in [1.807, 2.05) is 42.5 Å². The maximum absolute atomic E-state index is 13.3. The number of anilines is 5. The van der Waals surface area contributed by atoms with Gasteiger partial charge in [-0.25, -0.2) is 4.90 Å². The van der Waals surface area contributed by atoms with Crippen molar-refractivity contribution in [1.82, 2.24) is 0 Å². The minimum atomic E-state index is -0.707. The number of rotatable bonds is 9. The number of benzene rings is 4. The second kappa shape index (κ2) is 11.8. The zero-order valence-electron chi connectivity index (χ0n) is 22.1. The van der Waals surface area contributed by atoms with Crippen LogP contribution in [0, 0.1) is 0 Å². The normalized spacial score (nSPS) is 12.8. The summed E-state index contributed by atoms with van der Waals surface area (Å²) in [5.74, 6) is -0.962. The minimum Gasteiger partial charge on any atom is -0.497 e. The van der Waals surface area contributed by atoms with E-state index < -0.39 is 11.8 Å². The molecule has 0 aliphatic carbocycles. The molecule has 3 N–H and O–H groups in total. The molecule has 0 fully saturated rings. The molecule has 0 bridgehead atoms. The smallest absolute Gasteiger partial charge is 0.283 e. The van der Waals surface area contributed by atoms with Gasteiger partial charge in [0.15, 0.2) is 0 Å². The maximum atomic E-state index is 13.3. The topological polar surface area (TPSA) is 109 Å². The molecular formula is C31H25ClN4O5. The number of ether oxygens (including phenoxy) is 2. The number of carbonyl (C=O) groups is 3. The van der Waals surface area contributed by atoms with Gasteiger partial charge >= 0.3 is 0 Å². The number of hydrogen-bond donors (Lipinski definition) is 3. The number of imide groups is 1. The fraction of sp³-hybridized carbons (Fsp3) is 0.0645. The largest absolute Gasteiger partial charge is 0.497 e. The predicted molar refractivity (Wildman–Crippen MR) is 159 cm³/mol. The Morgan fingerprint density at radius 2 is 1.39 bits per heavy atom. The minimum absolute atomic E-state index is 0.117. The van der Waals surface area contributed by atoms with Gasteiger partial charge in [0.25, 0.3) is 17.7 Å². The second-order valence-electron chi connectivity index (χ2n) is 8.90. The number of nitrogens with zero attached hydrogens (tertiary/aromatic N) is 1. The average molecular weight is 569 g/mol. The molecule has 4 aromatic rings. The zero-order valence-corrected chi connectivity index (χ0v) is 22.9. The number of methoxy groups -OCH3 is 2. The van der Waals surface area contributed by atoms with Crippen LogP contribution in [0.2, 0.25) is 0 Å². The van der Waals surface area contributed by atoms with Crippen molar-refractivity contribution < 1.29 is 23.9 Å². The van der Waals surface area contributed by atoms with E-state index in [2.05, 4.69) is 16.0 Å². The van der Waals surface area contributed by atoms with Gasteiger partial charge in [0, 0.05) is 34.4 Å². The Morgan fingerprint density at radius 1 is 0.707 bits per heavy atom. The molecule has 0 saturated carbocycles. The monoisotopic (exact) mass is 568 g/mol. The molecule has 3 amide bonds. The molecule has 1 heterocycles. The van der Waals surface area contributed by atoms with Crippen LogP contribution in [0.3, 0.4) is 0 Å². The standard InChI is InChI=1S/C31H25ClN4O5/c1-40-24-15-16-25(26(18-24)41-2)36-30(38)27(32)28(31(36)39)34-23-10-6-7-19(17-23)29(37)35-22-13-11-21(12-14-22)33-20-8-4-3-5-9-20/h3-18,33-34H,1-2H3,(H,35,37). The molecule has 4 aromatic carbocycles. The molecule has 0 spiro atoms. The first-order valence-electron chi connectivity index (χ1n) is 12.5. The number of para-hydroxylation sites is 1.